The Balaban J connectivity index is 2.38. The molecule has 0 bridgehead atoms. The molecule has 1 aromatic rings. The zero-order chi connectivity index (χ0) is 15.7. The number of anilines is 1. The summed E-state index contributed by atoms with van der Waals surface area (Å²) in [5, 5.41) is 22.5. The van der Waals surface area contributed by atoms with E-state index in [2.05, 4.69) is 12.2 Å². The van der Waals surface area contributed by atoms with Gasteiger partial charge in [-0.25, -0.2) is 0 Å². The minimum absolute atomic E-state index is 0.0749. The van der Waals surface area contributed by atoms with Crippen LogP contribution in [0.25, 0.3) is 0 Å². The summed E-state index contributed by atoms with van der Waals surface area (Å²) in [7, 11) is 0. The Bertz CT molecular complexity index is 459. The SMILES string of the molecule is CCCC(CCNc1ccc([N+](=O)[O-])cc1)CCC(=O)O. The third-order valence-electron chi connectivity index (χ3n) is 3.42. The van der Waals surface area contributed by atoms with E-state index in [9.17, 15) is 14.9 Å². The summed E-state index contributed by atoms with van der Waals surface area (Å²) in [6.07, 6.45) is 3.88. The molecule has 0 aliphatic heterocycles. The van der Waals surface area contributed by atoms with Gasteiger partial charge in [-0.15, -0.1) is 0 Å². The van der Waals surface area contributed by atoms with Gasteiger partial charge in [0.2, 0.25) is 0 Å². The lowest BCUT2D eigenvalue weighted by Crippen LogP contribution is -2.11. The number of carboxylic acid groups (broad SMARTS) is 1. The van der Waals surface area contributed by atoms with Crippen LogP contribution >= 0.6 is 0 Å². The van der Waals surface area contributed by atoms with Gasteiger partial charge in [-0.1, -0.05) is 19.8 Å². The molecule has 2 N–H and O–H groups in total. The van der Waals surface area contributed by atoms with Gasteiger partial charge in [-0.2, -0.15) is 0 Å². The topological polar surface area (TPSA) is 92.5 Å². The summed E-state index contributed by atoms with van der Waals surface area (Å²) in [5.41, 5.74) is 0.917. The van der Waals surface area contributed by atoms with Crippen LogP contribution in [0.15, 0.2) is 24.3 Å². The van der Waals surface area contributed by atoms with Crippen LogP contribution in [0.4, 0.5) is 11.4 Å². The van der Waals surface area contributed by atoms with Crippen LogP contribution in [-0.4, -0.2) is 22.5 Å². The molecule has 0 amide bonds. The maximum atomic E-state index is 10.6. The fourth-order valence-corrected chi connectivity index (χ4v) is 2.29. The van der Waals surface area contributed by atoms with Crippen molar-refractivity contribution < 1.29 is 14.8 Å². The second-order valence-corrected chi connectivity index (χ2v) is 5.11. The number of carbonyl (C=O) groups is 1. The third kappa shape index (κ3) is 6.74. The Labute approximate surface area is 124 Å². The van der Waals surface area contributed by atoms with Crippen LogP contribution in [0, 0.1) is 16.0 Å². The van der Waals surface area contributed by atoms with E-state index in [1.54, 1.807) is 12.1 Å². The predicted molar refractivity (Wildman–Crippen MR) is 81.5 cm³/mol. The van der Waals surface area contributed by atoms with Crippen molar-refractivity contribution in [2.24, 2.45) is 5.92 Å². The second-order valence-electron chi connectivity index (χ2n) is 5.11. The van der Waals surface area contributed by atoms with E-state index >= 15 is 0 Å². The Kier molecular flexibility index (Phi) is 7.21. The van der Waals surface area contributed by atoms with Crippen LogP contribution in [0.3, 0.4) is 0 Å². The molecule has 0 saturated heterocycles. The summed E-state index contributed by atoms with van der Waals surface area (Å²) in [6, 6.07) is 6.31. The molecule has 0 heterocycles. The Morgan fingerprint density at radius 2 is 1.95 bits per heavy atom. The molecule has 0 fully saturated rings. The summed E-state index contributed by atoms with van der Waals surface area (Å²) in [5.74, 6) is -0.351. The van der Waals surface area contributed by atoms with Crippen molar-refractivity contribution in [1.82, 2.24) is 0 Å². The second kappa shape index (κ2) is 8.94. The Morgan fingerprint density at radius 3 is 2.48 bits per heavy atom. The van der Waals surface area contributed by atoms with E-state index in [0.717, 1.165) is 31.5 Å². The monoisotopic (exact) mass is 294 g/mol. The van der Waals surface area contributed by atoms with E-state index in [4.69, 9.17) is 5.11 Å². The van der Waals surface area contributed by atoms with Gasteiger partial charge in [0.25, 0.3) is 5.69 Å². The molecule has 0 saturated carbocycles. The van der Waals surface area contributed by atoms with E-state index in [0.29, 0.717) is 12.3 Å². The van der Waals surface area contributed by atoms with Crippen LogP contribution in [0.1, 0.15) is 39.0 Å². The molecule has 0 aliphatic rings. The van der Waals surface area contributed by atoms with Gasteiger partial charge in [0.05, 0.1) is 4.92 Å². The predicted octanol–water partition coefficient (Wildman–Crippen LogP) is 3.68. The first kappa shape index (κ1) is 16.9. The molecule has 1 atom stereocenters. The lowest BCUT2D eigenvalue weighted by molar-refractivity contribution is -0.384. The third-order valence-corrected chi connectivity index (χ3v) is 3.42. The zero-order valence-corrected chi connectivity index (χ0v) is 12.2. The average Bonchev–Trinajstić information content (AvgIpc) is 2.45. The molecule has 6 nitrogen and oxygen atoms in total. The van der Waals surface area contributed by atoms with Crippen LogP contribution in [0.2, 0.25) is 0 Å². The fourth-order valence-electron chi connectivity index (χ4n) is 2.29. The molecule has 1 aromatic carbocycles. The quantitative estimate of drug-likeness (QED) is 0.507. The van der Waals surface area contributed by atoms with Gasteiger partial charge in [0, 0.05) is 30.8 Å². The number of nitro benzene ring substituents is 1. The van der Waals surface area contributed by atoms with Crippen molar-refractivity contribution in [3.8, 4) is 0 Å². The first-order valence-corrected chi connectivity index (χ1v) is 7.23. The number of rotatable bonds is 10. The average molecular weight is 294 g/mol. The first-order valence-electron chi connectivity index (χ1n) is 7.23. The van der Waals surface area contributed by atoms with Gasteiger partial charge in [0.15, 0.2) is 0 Å². The van der Waals surface area contributed by atoms with E-state index in [1.165, 1.54) is 12.1 Å². The largest absolute Gasteiger partial charge is 0.481 e. The van der Waals surface area contributed by atoms with Gasteiger partial charge in [-0.3, -0.25) is 14.9 Å². The molecule has 116 valence electrons. The van der Waals surface area contributed by atoms with Crippen molar-refractivity contribution in [3.63, 3.8) is 0 Å². The molecule has 21 heavy (non-hydrogen) atoms. The first-order chi connectivity index (χ1) is 10.0. The number of hydrogen-bond acceptors (Lipinski definition) is 4. The van der Waals surface area contributed by atoms with Crippen LogP contribution in [0.5, 0.6) is 0 Å². The maximum Gasteiger partial charge on any atom is 0.303 e. The lowest BCUT2D eigenvalue weighted by atomic mass is 9.94. The number of carboxylic acids is 1. The summed E-state index contributed by atoms with van der Waals surface area (Å²) < 4.78 is 0. The molecule has 6 heteroatoms. The van der Waals surface area contributed by atoms with Gasteiger partial charge in [0.1, 0.15) is 0 Å². The van der Waals surface area contributed by atoms with E-state index in [1.807, 2.05) is 0 Å². The molecule has 0 aromatic heterocycles. The summed E-state index contributed by atoms with van der Waals surface area (Å²) >= 11 is 0. The molecule has 1 rings (SSSR count). The summed E-state index contributed by atoms with van der Waals surface area (Å²) in [4.78, 5) is 20.7. The number of non-ortho nitro benzene ring substituents is 1. The number of nitro groups is 1. The van der Waals surface area contributed by atoms with Crippen molar-refractivity contribution in [3.05, 3.63) is 34.4 Å². The number of benzene rings is 1. The lowest BCUT2D eigenvalue weighted by Gasteiger charge is -2.15. The minimum Gasteiger partial charge on any atom is -0.481 e. The van der Waals surface area contributed by atoms with Crippen LogP contribution in [-0.2, 0) is 4.79 Å². The van der Waals surface area contributed by atoms with Gasteiger partial charge < -0.3 is 10.4 Å². The standard InChI is InChI=1S/C15H22N2O4/c1-2-3-12(4-9-15(18)19)10-11-16-13-5-7-14(8-6-13)17(20)21/h5-8,12,16H,2-4,9-11H2,1H3,(H,18,19). The molecular weight excluding hydrogens is 272 g/mol. The van der Waals surface area contributed by atoms with Gasteiger partial charge in [-0.05, 0) is 30.9 Å². The fraction of sp³-hybridized carbons (Fsp3) is 0.533. The molecule has 1 unspecified atom stereocenters. The van der Waals surface area contributed by atoms with Crippen molar-refractivity contribution in [2.45, 2.75) is 39.0 Å². The highest BCUT2D eigenvalue weighted by atomic mass is 16.6. The van der Waals surface area contributed by atoms with Crippen molar-refractivity contribution in [1.29, 1.82) is 0 Å². The minimum atomic E-state index is -0.751. The molecule has 0 radical (unpaired) electrons. The molecule has 0 aliphatic carbocycles. The number of hydrogen-bond donors (Lipinski definition) is 2. The number of nitrogens with zero attached hydrogens (tertiary/aromatic N) is 1. The van der Waals surface area contributed by atoms with Crippen molar-refractivity contribution >= 4 is 17.3 Å². The number of nitrogens with one attached hydrogen (secondary N) is 1. The number of aliphatic carboxylic acids is 1. The Morgan fingerprint density at radius 1 is 1.29 bits per heavy atom. The molecule has 0 spiro atoms. The summed E-state index contributed by atoms with van der Waals surface area (Å²) in [6.45, 7) is 2.83. The maximum absolute atomic E-state index is 10.6. The van der Waals surface area contributed by atoms with E-state index < -0.39 is 10.9 Å². The molecular formula is C15H22N2O4. The smallest absolute Gasteiger partial charge is 0.303 e. The normalized spacial score (nSPS) is 11.9. The highest BCUT2D eigenvalue weighted by Crippen LogP contribution is 2.19. The highest BCUT2D eigenvalue weighted by molar-refractivity contribution is 5.66. The van der Waals surface area contributed by atoms with Crippen molar-refractivity contribution in [2.75, 3.05) is 11.9 Å². The van der Waals surface area contributed by atoms with Gasteiger partial charge >= 0.3 is 5.97 Å². The van der Waals surface area contributed by atoms with E-state index in [-0.39, 0.29) is 12.1 Å². The zero-order valence-electron chi connectivity index (χ0n) is 12.2. The Hall–Kier alpha value is -2.11. The van der Waals surface area contributed by atoms with Crippen LogP contribution < -0.4 is 5.32 Å². The highest BCUT2D eigenvalue weighted by Gasteiger charge is 2.10.